The molecule has 0 spiro atoms. The van der Waals surface area contributed by atoms with E-state index < -0.39 is 0 Å². The number of nitrogens with zero attached hydrogens (tertiary/aromatic N) is 2. The lowest BCUT2D eigenvalue weighted by Gasteiger charge is -2.30. The molecule has 1 heterocycles. The van der Waals surface area contributed by atoms with Gasteiger partial charge in [0.1, 0.15) is 0 Å². The average molecular weight is 496 g/mol. The van der Waals surface area contributed by atoms with Gasteiger partial charge in [0.15, 0.2) is 5.96 Å². The molecule has 1 aromatic carbocycles. The molecule has 1 fully saturated rings. The first kappa shape index (κ1) is 22.9. The number of para-hydroxylation sites is 1. The van der Waals surface area contributed by atoms with Crippen molar-refractivity contribution in [3.05, 3.63) is 42.1 Å². The molecule has 154 valence electrons. The lowest BCUT2D eigenvalue weighted by atomic mass is 9.83. The molecule has 6 heteroatoms. The van der Waals surface area contributed by atoms with Gasteiger partial charge in [-0.15, -0.1) is 24.0 Å². The molecule has 2 N–H and O–H groups in total. The molecule has 28 heavy (non-hydrogen) atoms. The van der Waals surface area contributed by atoms with Gasteiger partial charge < -0.3 is 15.4 Å². The van der Waals surface area contributed by atoms with E-state index in [1.165, 1.54) is 36.6 Å². The Kier molecular flexibility index (Phi) is 9.44. The van der Waals surface area contributed by atoms with Gasteiger partial charge in [-0.1, -0.05) is 31.0 Å². The SMILES string of the molecule is CCNC(=NCc1ccnc2ccccc12)NCC1(CCOC)CCCC1.I. The first-order valence-corrected chi connectivity index (χ1v) is 10.1. The van der Waals surface area contributed by atoms with Crippen LogP contribution in [0.15, 0.2) is 41.5 Å². The number of hydrogen-bond acceptors (Lipinski definition) is 3. The summed E-state index contributed by atoms with van der Waals surface area (Å²) in [5.74, 6) is 0.891. The van der Waals surface area contributed by atoms with Crippen LogP contribution in [0.25, 0.3) is 10.9 Å². The Hall–Kier alpha value is -1.41. The minimum atomic E-state index is 0. The van der Waals surface area contributed by atoms with Gasteiger partial charge in [0.2, 0.25) is 0 Å². The van der Waals surface area contributed by atoms with Gasteiger partial charge in [-0.2, -0.15) is 0 Å². The van der Waals surface area contributed by atoms with Gasteiger partial charge in [-0.05, 0) is 49.3 Å². The molecular formula is C22H33IN4O. The summed E-state index contributed by atoms with van der Waals surface area (Å²) >= 11 is 0. The fourth-order valence-corrected chi connectivity index (χ4v) is 4.03. The van der Waals surface area contributed by atoms with Crippen LogP contribution in [0.4, 0.5) is 0 Å². The number of aliphatic imine (C=N–C) groups is 1. The lowest BCUT2D eigenvalue weighted by Crippen LogP contribution is -2.43. The summed E-state index contributed by atoms with van der Waals surface area (Å²) in [7, 11) is 1.79. The van der Waals surface area contributed by atoms with E-state index in [1.807, 2.05) is 18.3 Å². The zero-order chi connectivity index (χ0) is 19.0. The van der Waals surface area contributed by atoms with E-state index in [0.29, 0.717) is 12.0 Å². The number of aromatic nitrogens is 1. The maximum atomic E-state index is 5.35. The number of rotatable bonds is 8. The number of halogens is 1. The number of nitrogens with one attached hydrogen (secondary N) is 2. The Balaban J connectivity index is 0.00000280. The first-order chi connectivity index (χ1) is 13.3. The molecule has 0 unspecified atom stereocenters. The number of methoxy groups -OCH3 is 1. The fourth-order valence-electron chi connectivity index (χ4n) is 4.03. The second-order valence-corrected chi connectivity index (χ2v) is 7.49. The third-order valence-electron chi connectivity index (χ3n) is 5.62. The van der Waals surface area contributed by atoms with Crippen LogP contribution in [0, 0.1) is 5.41 Å². The number of ether oxygens (including phenoxy) is 1. The molecule has 0 radical (unpaired) electrons. The van der Waals surface area contributed by atoms with E-state index in [-0.39, 0.29) is 24.0 Å². The summed E-state index contributed by atoms with van der Waals surface area (Å²) in [4.78, 5) is 9.28. The Morgan fingerprint density at radius 3 is 2.71 bits per heavy atom. The summed E-state index contributed by atoms with van der Waals surface area (Å²) < 4.78 is 5.35. The number of hydrogen-bond donors (Lipinski definition) is 2. The van der Waals surface area contributed by atoms with Gasteiger partial charge in [-0.25, -0.2) is 4.99 Å². The Bertz CT molecular complexity index is 754. The Morgan fingerprint density at radius 1 is 1.18 bits per heavy atom. The standard InChI is InChI=1S/C22H32N4O.HI/c1-3-23-21(26-17-22(13-15-27-2)11-6-7-12-22)25-16-18-10-14-24-20-9-5-4-8-19(18)20;/h4-5,8-10,14H,3,6-7,11-13,15-17H2,1-2H3,(H2,23,25,26);1H. The highest BCUT2D eigenvalue weighted by molar-refractivity contribution is 14.0. The van der Waals surface area contributed by atoms with Gasteiger partial charge in [0, 0.05) is 38.4 Å². The molecule has 1 aliphatic carbocycles. The predicted molar refractivity (Wildman–Crippen MR) is 127 cm³/mol. The maximum Gasteiger partial charge on any atom is 0.191 e. The van der Waals surface area contributed by atoms with Crippen molar-refractivity contribution >= 4 is 40.8 Å². The predicted octanol–water partition coefficient (Wildman–Crippen LogP) is 4.50. The molecule has 0 saturated heterocycles. The summed E-state index contributed by atoms with van der Waals surface area (Å²) in [6.45, 7) is 5.39. The monoisotopic (exact) mass is 496 g/mol. The quantitative estimate of drug-likeness (QED) is 0.321. The van der Waals surface area contributed by atoms with Crippen molar-refractivity contribution in [3.63, 3.8) is 0 Å². The molecule has 3 rings (SSSR count). The van der Waals surface area contributed by atoms with Gasteiger partial charge in [0.25, 0.3) is 0 Å². The van der Waals surface area contributed by atoms with Crippen LogP contribution in [0.3, 0.4) is 0 Å². The van der Waals surface area contributed by atoms with Crippen LogP contribution in [-0.4, -0.2) is 37.7 Å². The van der Waals surface area contributed by atoms with E-state index >= 15 is 0 Å². The van der Waals surface area contributed by atoms with Crippen molar-refractivity contribution in [1.29, 1.82) is 0 Å². The molecule has 1 aliphatic rings. The molecule has 1 aromatic heterocycles. The maximum absolute atomic E-state index is 5.35. The molecule has 5 nitrogen and oxygen atoms in total. The summed E-state index contributed by atoms with van der Waals surface area (Å²) in [6, 6.07) is 10.3. The highest BCUT2D eigenvalue weighted by Gasteiger charge is 2.33. The second-order valence-electron chi connectivity index (χ2n) is 7.49. The van der Waals surface area contributed by atoms with Gasteiger partial charge >= 0.3 is 0 Å². The topological polar surface area (TPSA) is 58.5 Å². The zero-order valence-corrected chi connectivity index (χ0v) is 19.4. The summed E-state index contributed by atoms with van der Waals surface area (Å²) in [5, 5.41) is 8.16. The van der Waals surface area contributed by atoms with E-state index in [2.05, 4.69) is 40.7 Å². The van der Waals surface area contributed by atoms with Crippen molar-refractivity contribution in [2.45, 2.75) is 45.6 Å². The summed E-state index contributed by atoms with van der Waals surface area (Å²) in [6.07, 6.45) is 8.18. The molecule has 0 atom stereocenters. The van der Waals surface area contributed by atoms with Crippen molar-refractivity contribution in [3.8, 4) is 0 Å². The highest BCUT2D eigenvalue weighted by atomic mass is 127. The molecule has 0 amide bonds. The van der Waals surface area contributed by atoms with Gasteiger partial charge in [-0.3, -0.25) is 4.98 Å². The van der Waals surface area contributed by atoms with Crippen LogP contribution in [0.2, 0.25) is 0 Å². The van der Waals surface area contributed by atoms with E-state index in [1.54, 1.807) is 7.11 Å². The van der Waals surface area contributed by atoms with Crippen molar-refractivity contribution in [2.24, 2.45) is 10.4 Å². The van der Waals surface area contributed by atoms with Crippen LogP contribution in [0.5, 0.6) is 0 Å². The Morgan fingerprint density at radius 2 is 1.96 bits per heavy atom. The number of pyridine rings is 1. The molecular weight excluding hydrogens is 463 g/mol. The minimum Gasteiger partial charge on any atom is -0.385 e. The third-order valence-corrected chi connectivity index (χ3v) is 5.62. The number of fused-ring (bicyclic) bond motifs is 1. The third kappa shape index (κ3) is 6.04. The van der Waals surface area contributed by atoms with Crippen molar-refractivity contribution < 1.29 is 4.74 Å². The molecule has 0 bridgehead atoms. The normalized spacial score (nSPS) is 16.0. The molecule has 2 aromatic rings. The molecule has 0 aliphatic heterocycles. The molecule has 1 saturated carbocycles. The van der Waals surface area contributed by atoms with Crippen molar-refractivity contribution in [1.82, 2.24) is 15.6 Å². The van der Waals surface area contributed by atoms with E-state index in [9.17, 15) is 0 Å². The van der Waals surface area contributed by atoms with E-state index in [0.717, 1.165) is 37.6 Å². The van der Waals surface area contributed by atoms with Crippen LogP contribution >= 0.6 is 24.0 Å². The van der Waals surface area contributed by atoms with Crippen LogP contribution in [0.1, 0.15) is 44.6 Å². The zero-order valence-electron chi connectivity index (χ0n) is 17.0. The van der Waals surface area contributed by atoms with E-state index in [4.69, 9.17) is 9.73 Å². The minimum absolute atomic E-state index is 0. The van der Waals surface area contributed by atoms with Crippen LogP contribution < -0.4 is 10.6 Å². The second kappa shape index (κ2) is 11.6. The fraction of sp³-hybridized carbons (Fsp3) is 0.545. The smallest absolute Gasteiger partial charge is 0.191 e. The lowest BCUT2D eigenvalue weighted by molar-refractivity contribution is 0.138. The average Bonchev–Trinajstić information content (AvgIpc) is 3.18. The van der Waals surface area contributed by atoms with Crippen molar-refractivity contribution in [2.75, 3.05) is 26.8 Å². The number of benzene rings is 1. The number of guanidine groups is 1. The highest BCUT2D eigenvalue weighted by Crippen LogP contribution is 2.40. The van der Waals surface area contributed by atoms with Gasteiger partial charge in [0.05, 0.1) is 12.1 Å². The van der Waals surface area contributed by atoms with Crippen LogP contribution in [-0.2, 0) is 11.3 Å². The largest absolute Gasteiger partial charge is 0.385 e. The Labute approximate surface area is 185 Å². The first-order valence-electron chi connectivity index (χ1n) is 10.1. The summed E-state index contributed by atoms with van der Waals surface area (Å²) in [5.41, 5.74) is 2.57.